The number of allylic oxidation sites excluding steroid dienone is 4. The molecule has 0 saturated carbocycles. The van der Waals surface area contributed by atoms with Gasteiger partial charge in [0.05, 0.1) is 19.8 Å². The maximum atomic E-state index is 12.7. The van der Waals surface area contributed by atoms with Gasteiger partial charge in [-0.15, -0.1) is 0 Å². The summed E-state index contributed by atoms with van der Waals surface area (Å²) < 4.78 is 33.7. The molecule has 9 heteroatoms. The first-order valence-corrected chi connectivity index (χ1v) is 29.8. The third-order valence-corrected chi connectivity index (χ3v) is 13.6. The molecule has 0 rings (SSSR count). The number of rotatable bonds is 55. The fourth-order valence-corrected chi connectivity index (χ4v) is 9.21. The van der Waals surface area contributed by atoms with E-state index in [1.165, 1.54) is 231 Å². The third kappa shape index (κ3) is 53.8. The SMILES string of the molecule is CCCCCCC/C=C\C/C=C\CCCCCCCCCCCCCCCCOCC(COP(=O)(O)OCCN)OC(=O)CCCCCCCCCCCCCCCCCCCCCC. The average Bonchev–Trinajstić information content (AvgIpc) is 3.30. The van der Waals surface area contributed by atoms with Gasteiger partial charge in [-0.3, -0.25) is 13.8 Å². The number of nitrogens with two attached hydrogens (primary N) is 1. The van der Waals surface area contributed by atoms with Crippen LogP contribution >= 0.6 is 7.82 Å². The van der Waals surface area contributed by atoms with E-state index in [0.717, 1.165) is 38.5 Å². The Hall–Kier alpha value is -1.02. The Labute approximate surface area is 404 Å². The molecule has 0 heterocycles. The monoisotopic (exact) mass is 940 g/mol. The van der Waals surface area contributed by atoms with Crippen molar-refractivity contribution in [2.45, 2.75) is 296 Å². The standard InChI is InChI=1S/C56H110NO7P/c1-3-5-7-9-11-13-15-17-19-21-23-25-26-27-28-29-30-32-34-36-38-40-42-44-46-48-51-61-53-55(54-63-65(59,60)62-52-50-57)64-56(58)49-47-45-43-41-39-37-35-33-31-24-22-20-18-16-14-12-10-8-6-4-2/h15,17,21,23,55H,3-14,16,18-20,22,24-54,57H2,1-2H3,(H,59,60)/b17-15-,23-21-. The van der Waals surface area contributed by atoms with Crippen molar-refractivity contribution in [3.05, 3.63) is 24.3 Å². The lowest BCUT2D eigenvalue weighted by molar-refractivity contribution is -0.154. The largest absolute Gasteiger partial charge is 0.472 e. The summed E-state index contributed by atoms with van der Waals surface area (Å²) in [5.74, 6) is -0.323. The van der Waals surface area contributed by atoms with Crippen LogP contribution in [0.2, 0.25) is 0 Å². The molecule has 0 aromatic carbocycles. The Balaban J connectivity index is 3.84. The van der Waals surface area contributed by atoms with E-state index in [2.05, 4.69) is 38.2 Å². The third-order valence-electron chi connectivity index (χ3n) is 12.6. The molecule has 0 aromatic heterocycles. The maximum absolute atomic E-state index is 12.7. The normalized spacial score (nSPS) is 13.4. The molecule has 0 aliphatic carbocycles. The van der Waals surface area contributed by atoms with Gasteiger partial charge in [0.2, 0.25) is 0 Å². The highest BCUT2D eigenvalue weighted by Gasteiger charge is 2.25. The first kappa shape index (κ1) is 64.0. The lowest BCUT2D eigenvalue weighted by Gasteiger charge is -2.20. The lowest BCUT2D eigenvalue weighted by Crippen LogP contribution is -2.28. The minimum Gasteiger partial charge on any atom is -0.457 e. The molecule has 0 radical (unpaired) electrons. The van der Waals surface area contributed by atoms with E-state index in [1.807, 2.05) is 0 Å². The van der Waals surface area contributed by atoms with Gasteiger partial charge < -0.3 is 20.1 Å². The summed E-state index contributed by atoms with van der Waals surface area (Å²) in [4.78, 5) is 22.6. The molecule has 0 aliphatic heterocycles. The number of carbonyl (C=O) groups is 1. The molecule has 65 heavy (non-hydrogen) atoms. The van der Waals surface area contributed by atoms with Crippen molar-refractivity contribution in [3.8, 4) is 0 Å². The molecule has 8 nitrogen and oxygen atoms in total. The van der Waals surface area contributed by atoms with Crippen molar-refractivity contribution in [2.24, 2.45) is 5.73 Å². The quantitative estimate of drug-likeness (QED) is 0.0268. The molecule has 3 N–H and O–H groups in total. The Kier molecular flexibility index (Phi) is 53.1. The second-order valence-electron chi connectivity index (χ2n) is 19.2. The topological polar surface area (TPSA) is 117 Å². The van der Waals surface area contributed by atoms with Crippen LogP contribution in [0.15, 0.2) is 24.3 Å². The Morgan fingerprint density at radius 3 is 1.20 bits per heavy atom. The summed E-state index contributed by atoms with van der Waals surface area (Å²) in [7, 11) is -4.28. The molecule has 2 atom stereocenters. The zero-order valence-corrected chi connectivity index (χ0v) is 44.1. The Bertz CT molecular complexity index is 1060. The second-order valence-corrected chi connectivity index (χ2v) is 20.6. The molecule has 0 aromatic rings. The van der Waals surface area contributed by atoms with Gasteiger partial charge >= 0.3 is 13.8 Å². The number of hydrogen-bond donors (Lipinski definition) is 2. The summed E-state index contributed by atoms with van der Waals surface area (Å²) in [6, 6.07) is 0. The highest BCUT2D eigenvalue weighted by Crippen LogP contribution is 2.43. The molecule has 0 saturated heterocycles. The molecule has 2 unspecified atom stereocenters. The van der Waals surface area contributed by atoms with Gasteiger partial charge in [0.15, 0.2) is 0 Å². The van der Waals surface area contributed by atoms with Crippen molar-refractivity contribution >= 4 is 13.8 Å². The number of hydrogen-bond acceptors (Lipinski definition) is 7. The minimum absolute atomic E-state index is 0.0923. The number of ether oxygens (including phenoxy) is 2. The Morgan fingerprint density at radius 1 is 0.462 bits per heavy atom. The average molecular weight is 940 g/mol. The molecule has 0 bridgehead atoms. The van der Waals surface area contributed by atoms with Crippen LogP contribution < -0.4 is 5.73 Å². The number of phosphoric ester groups is 1. The van der Waals surface area contributed by atoms with E-state index in [4.69, 9.17) is 24.3 Å². The highest BCUT2D eigenvalue weighted by atomic mass is 31.2. The van der Waals surface area contributed by atoms with Gasteiger partial charge in [-0.1, -0.05) is 263 Å². The second kappa shape index (κ2) is 53.9. The van der Waals surface area contributed by atoms with Crippen molar-refractivity contribution in [2.75, 3.05) is 33.0 Å². The smallest absolute Gasteiger partial charge is 0.457 e. The van der Waals surface area contributed by atoms with E-state index in [0.29, 0.717) is 13.0 Å². The summed E-state index contributed by atoms with van der Waals surface area (Å²) in [6.07, 6.45) is 63.7. The predicted molar refractivity (Wildman–Crippen MR) is 280 cm³/mol. The molecular weight excluding hydrogens is 830 g/mol. The van der Waals surface area contributed by atoms with E-state index in [9.17, 15) is 14.3 Å². The van der Waals surface area contributed by atoms with Crippen LogP contribution in [-0.2, 0) is 27.9 Å². The summed E-state index contributed by atoms with van der Waals surface area (Å²) >= 11 is 0. The van der Waals surface area contributed by atoms with Crippen molar-refractivity contribution in [3.63, 3.8) is 0 Å². The van der Waals surface area contributed by atoms with Crippen LogP contribution in [0, 0.1) is 0 Å². The molecule has 0 aliphatic rings. The minimum atomic E-state index is -4.28. The zero-order chi connectivity index (χ0) is 47.3. The van der Waals surface area contributed by atoms with Gasteiger partial charge in [0.1, 0.15) is 6.10 Å². The van der Waals surface area contributed by atoms with E-state index < -0.39 is 13.9 Å². The first-order valence-electron chi connectivity index (χ1n) is 28.3. The van der Waals surface area contributed by atoms with Gasteiger partial charge in [0, 0.05) is 19.6 Å². The number of esters is 1. The molecule has 0 spiro atoms. The number of phosphoric acid groups is 1. The molecular formula is C56H110NO7P. The van der Waals surface area contributed by atoms with Gasteiger partial charge in [0.25, 0.3) is 0 Å². The van der Waals surface area contributed by atoms with Crippen LogP contribution in [-0.4, -0.2) is 49.9 Å². The first-order chi connectivity index (χ1) is 31.9. The van der Waals surface area contributed by atoms with E-state index >= 15 is 0 Å². The van der Waals surface area contributed by atoms with Crippen LogP contribution in [0.5, 0.6) is 0 Å². The van der Waals surface area contributed by atoms with Crippen molar-refractivity contribution in [1.29, 1.82) is 0 Å². The maximum Gasteiger partial charge on any atom is 0.472 e. The van der Waals surface area contributed by atoms with Gasteiger partial charge in [-0.25, -0.2) is 4.57 Å². The van der Waals surface area contributed by atoms with Crippen molar-refractivity contribution < 1.29 is 32.8 Å². The molecule has 0 amide bonds. The zero-order valence-electron chi connectivity index (χ0n) is 43.2. The van der Waals surface area contributed by atoms with Crippen LogP contribution in [0.4, 0.5) is 0 Å². The number of unbranched alkanes of at least 4 members (excludes halogenated alkanes) is 38. The summed E-state index contributed by atoms with van der Waals surface area (Å²) in [5, 5.41) is 0. The fraction of sp³-hybridized carbons (Fsp3) is 0.911. The summed E-state index contributed by atoms with van der Waals surface area (Å²) in [5.41, 5.74) is 5.40. The van der Waals surface area contributed by atoms with Crippen LogP contribution in [0.25, 0.3) is 0 Å². The van der Waals surface area contributed by atoms with Crippen LogP contribution in [0.1, 0.15) is 290 Å². The van der Waals surface area contributed by atoms with Gasteiger partial charge in [-0.2, -0.15) is 0 Å². The van der Waals surface area contributed by atoms with E-state index in [-0.39, 0.29) is 32.3 Å². The molecule has 386 valence electrons. The summed E-state index contributed by atoms with van der Waals surface area (Å²) in [6.45, 7) is 4.98. The van der Waals surface area contributed by atoms with Crippen LogP contribution in [0.3, 0.4) is 0 Å². The fourth-order valence-electron chi connectivity index (χ4n) is 8.44. The van der Waals surface area contributed by atoms with Crippen molar-refractivity contribution in [1.82, 2.24) is 0 Å². The Morgan fingerprint density at radius 2 is 0.815 bits per heavy atom. The number of carbonyl (C=O) groups excluding carboxylic acids is 1. The predicted octanol–water partition coefficient (Wildman–Crippen LogP) is 17.9. The van der Waals surface area contributed by atoms with E-state index in [1.54, 1.807) is 0 Å². The lowest BCUT2D eigenvalue weighted by atomic mass is 10.0. The highest BCUT2D eigenvalue weighted by molar-refractivity contribution is 7.47. The molecule has 0 fully saturated rings. The van der Waals surface area contributed by atoms with Gasteiger partial charge in [-0.05, 0) is 44.9 Å².